The van der Waals surface area contributed by atoms with Crippen LogP contribution >= 0.6 is 0 Å². The monoisotopic (exact) mass is 243 g/mol. The third-order valence-corrected chi connectivity index (χ3v) is 3.57. The van der Waals surface area contributed by atoms with Crippen LogP contribution in [0.3, 0.4) is 0 Å². The van der Waals surface area contributed by atoms with Crippen molar-refractivity contribution in [2.75, 3.05) is 13.1 Å². The van der Waals surface area contributed by atoms with Gasteiger partial charge in [0.15, 0.2) is 17.5 Å². The number of hydrogen-bond donors (Lipinski definition) is 1. The maximum atomic E-state index is 13.2. The molecule has 2 rings (SSSR count). The van der Waals surface area contributed by atoms with E-state index in [1.165, 1.54) is 0 Å². The van der Waals surface area contributed by atoms with Gasteiger partial charge in [-0.05, 0) is 49.0 Å². The SMILES string of the molecule is CCC1CNCCC1c1cc(F)c(F)c(F)c1. The summed E-state index contributed by atoms with van der Waals surface area (Å²) in [5, 5.41) is 3.26. The lowest BCUT2D eigenvalue weighted by atomic mass is 9.80. The minimum atomic E-state index is -1.38. The van der Waals surface area contributed by atoms with Crippen LogP contribution in [0, 0.1) is 23.4 Å². The molecule has 0 spiro atoms. The second-order valence-corrected chi connectivity index (χ2v) is 4.57. The summed E-state index contributed by atoms with van der Waals surface area (Å²) in [6.07, 6.45) is 1.78. The number of rotatable bonds is 2. The summed E-state index contributed by atoms with van der Waals surface area (Å²) in [5.74, 6) is -3.09. The Balaban J connectivity index is 2.32. The standard InChI is InChI=1S/C13H16F3N/c1-2-8-7-17-4-3-10(8)9-5-11(14)13(16)12(15)6-9/h5-6,8,10,17H,2-4,7H2,1H3. The first kappa shape index (κ1) is 12.4. The van der Waals surface area contributed by atoms with Crippen LogP contribution in [-0.2, 0) is 0 Å². The first-order chi connectivity index (χ1) is 8.13. The van der Waals surface area contributed by atoms with Gasteiger partial charge in [-0.15, -0.1) is 0 Å². The molecule has 1 fully saturated rings. The second kappa shape index (κ2) is 5.08. The van der Waals surface area contributed by atoms with E-state index in [1.807, 2.05) is 0 Å². The highest BCUT2D eigenvalue weighted by molar-refractivity contribution is 5.24. The molecule has 1 aliphatic rings. The molecule has 0 radical (unpaired) electrons. The van der Waals surface area contributed by atoms with E-state index in [-0.39, 0.29) is 5.92 Å². The Morgan fingerprint density at radius 3 is 2.47 bits per heavy atom. The van der Waals surface area contributed by atoms with E-state index < -0.39 is 17.5 Å². The molecule has 0 amide bonds. The lowest BCUT2D eigenvalue weighted by Crippen LogP contribution is -2.35. The van der Waals surface area contributed by atoms with Crippen molar-refractivity contribution in [1.29, 1.82) is 0 Å². The van der Waals surface area contributed by atoms with Gasteiger partial charge in [0.2, 0.25) is 0 Å². The van der Waals surface area contributed by atoms with Gasteiger partial charge in [-0.3, -0.25) is 0 Å². The predicted molar refractivity (Wildman–Crippen MR) is 60.3 cm³/mol. The smallest absolute Gasteiger partial charge is 0.194 e. The average Bonchev–Trinajstić information content (AvgIpc) is 2.35. The Hall–Kier alpha value is -1.03. The van der Waals surface area contributed by atoms with Crippen LogP contribution in [0.15, 0.2) is 12.1 Å². The van der Waals surface area contributed by atoms with E-state index >= 15 is 0 Å². The quantitative estimate of drug-likeness (QED) is 0.786. The van der Waals surface area contributed by atoms with E-state index in [9.17, 15) is 13.2 Å². The van der Waals surface area contributed by atoms with Crippen LogP contribution in [-0.4, -0.2) is 13.1 Å². The van der Waals surface area contributed by atoms with E-state index in [2.05, 4.69) is 12.2 Å². The highest BCUT2D eigenvalue weighted by Gasteiger charge is 2.26. The van der Waals surface area contributed by atoms with Crippen molar-refractivity contribution in [3.8, 4) is 0 Å². The molecule has 1 saturated heterocycles. The van der Waals surface area contributed by atoms with Gasteiger partial charge in [-0.1, -0.05) is 13.3 Å². The third-order valence-electron chi connectivity index (χ3n) is 3.57. The molecule has 4 heteroatoms. The largest absolute Gasteiger partial charge is 0.316 e. The zero-order valence-electron chi connectivity index (χ0n) is 9.77. The predicted octanol–water partition coefficient (Wildman–Crippen LogP) is 3.21. The first-order valence-electron chi connectivity index (χ1n) is 5.98. The Bertz CT molecular complexity index is 383. The fourth-order valence-electron chi connectivity index (χ4n) is 2.58. The zero-order chi connectivity index (χ0) is 12.4. The summed E-state index contributed by atoms with van der Waals surface area (Å²) < 4.78 is 39.3. The van der Waals surface area contributed by atoms with E-state index in [4.69, 9.17) is 0 Å². The van der Waals surface area contributed by atoms with Crippen molar-refractivity contribution in [3.05, 3.63) is 35.1 Å². The fraction of sp³-hybridized carbons (Fsp3) is 0.538. The molecule has 0 bridgehead atoms. The minimum Gasteiger partial charge on any atom is -0.316 e. The highest BCUT2D eigenvalue weighted by Crippen LogP contribution is 2.33. The summed E-state index contributed by atoms with van der Waals surface area (Å²) in [7, 11) is 0. The molecule has 1 heterocycles. The lowest BCUT2D eigenvalue weighted by Gasteiger charge is -2.32. The van der Waals surface area contributed by atoms with Crippen LogP contribution in [0.2, 0.25) is 0 Å². The molecule has 1 nitrogen and oxygen atoms in total. The Labute approximate surface area is 99.0 Å². The summed E-state index contributed by atoms with van der Waals surface area (Å²) >= 11 is 0. The fourth-order valence-corrected chi connectivity index (χ4v) is 2.58. The molecule has 94 valence electrons. The van der Waals surface area contributed by atoms with Crippen molar-refractivity contribution in [3.63, 3.8) is 0 Å². The van der Waals surface area contributed by atoms with Gasteiger partial charge in [0.05, 0.1) is 0 Å². The molecule has 2 unspecified atom stereocenters. The van der Waals surface area contributed by atoms with Crippen molar-refractivity contribution in [2.45, 2.75) is 25.7 Å². The Morgan fingerprint density at radius 1 is 1.24 bits per heavy atom. The summed E-state index contributed by atoms with van der Waals surface area (Å²) in [6.45, 7) is 3.74. The van der Waals surface area contributed by atoms with Gasteiger partial charge < -0.3 is 5.32 Å². The normalized spacial score (nSPS) is 24.9. The number of nitrogens with one attached hydrogen (secondary N) is 1. The molecule has 0 aliphatic carbocycles. The van der Waals surface area contributed by atoms with E-state index in [0.717, 1.165) is 38.1 Å². The van der Waals surface area contributed by atoms with Gasteiger partial charge in [-0.2, -0.15) is 0 Å². The molecule has 0 saturated carbocycles. The molecule has 1 N–H and O–H groups in total. The summed E-state index contributed by atoms with van der Waals surface area (Å²) in [5.41, 5.74) is 0.578. The maximum Gasteiger partial charge on any atom is 0.194 e. The van der Waals surface area contributed by atoms with Gasteiger partial charge in [0.1, 0.15) is 0 Å². The number of hydrogen-bond acceptors (Lipinski definition) is 1. The van der Waals surface area contributed by atoms with Crippen molar-refractivity contribution >= 4 is 0 Å². The van der Waals surface area contributed by atoms with Gasteiger partial charge in [0, 0.05) is 0 Å². The van der Waals surface area contributed by atoms with Crippen LogP contribution in [0.5, 0.6) is 0 Å². The zero-order valence-corrected chi connectivity index (χ0v) is 9.77. The average molecular weight is 243 g/mol. The van der Waals surface area contributed by atoms with Gasteiger partial charge in [-0.25, -0.2) is 13.2 Å². The third kappa shape index (κ3) is 2.46. The highest BCUT2D eigenvalue weighted by atomic mass is 19.2. The number of piperidine rings is 1. The van der Waals surface area contributed by atoms with Crippen molar-refractivity contribution in [1.82, 2.24) is 5.32 Å². The molecular weight excluding hydrogens is 227 g/mol. The van der Waals surface area contributed by atoms with E-state index in [0.29, 0.717) is 11.5 Å². The van der Waals surface area contributed by atoms with Gasteiger partial charge >= 0.3 is 0 Å². The van der Waals surface area contributed by atoms with Crippen molar-refractivity contribution < 1.29 is 13.2 Å². The first-order valence-corrected chi connectivity index (χ1v) is 5.98. The molecule has 0 aromatic heterocycles. The van der Waals surface area contributed by atoms with Crippen LogP contribution < -0.4 is 5.32 Å². The number of benzene rings is 1. The van der Waals surface area contributed by atoms with Crippen LogP contribution in [0.4, 0.5) is 13.2 Å². The topological polar surface area (TPSA) is 12.0 Å². The molecule has 1 aromatic carbocycles. The van der Waals surface area contributed by atoms with Gasteiger partial charge in [0.25, 0.3) is 0 Å². The molecule has 1 aromatic rings. The maximum absolute atomic E-state index is 13.2. The summed E-state index contributed by atoms with van der Waals surface area (Å²) in [6, 6.07) is 2.27. The summed E-state index contributed by atoms with van der Waals surface area (Å²) in [4.78, 5) is 0. The Kier molecular flexibility index (Phi) is 3.72. The molecule has 17 heavy (non-hydrogen) atoms. The molecule has 2 atom stereocenters. The lowest BCUT2D eigenvalue weighted by molar-refractivity contribution is 0.315. The second-order valence-electron chi connectivity index (χ2n) is 4.57. The minimum absolute atomic E-state index is 0.117. The van der Waals surface area contributed by atoms with Crippen LogP contribution in [0.25, 0.3) is 0 Å². The molecule has 1 aliphatic heterocycles. The van der Waals surface area contributed by atoms with E-state index in [1.54, 1.807) is 0 Å². The molecular formula is C13H16F3N. The number of halogens is 3. The van der Waals surface area contributed by atoms with Crippen LogP contribution in [0.1, 0.15) is 31.2 Å². The Morgan fingerprint density at radius 2 is 1.88 bits per heavy atom. The van der Waals surface area contributed by atoms with Crippen molar-refractivity contribution in [2.24, 2.45) is 5.92 Å².